The molecule has 1 aromatic rings. The maximum absolute atomic E-state index is 11.5. The zero-order valence-electron chi connectivity index (χ0n) is 10.0. The number of carbonyl (C=O) groups excluding carboxylic acids is 1. The van der Waals surface area contributed by atoms with Crippen LogP contribution in [0.3, 0.4) is 0 Å². The Labute approximate surface area is 101 Å². The van der Waals surface area contributed by atoms with Gasteiger partial charge in [0, 0.05) is 4.90 Å². The Morgan fingerprint density at radius 3 is 2.69 bits per heavy atom. The van der Waals surface area contributed by atoms with Gasteiger partial charge in [0.25, 0.3) is 0 Å². The summed E-state index contributed by atoms with van der Waals surface area (Å²) in [5.74, 6) is 0.624. The van der Waals surface area contributed by atoms with E-state index in [9.17, 15) is 4.79 Å². The first-order valence-corrected chi connectivity index (χ1v) is 6.40. The normalized spacial score (nSPS) is 10.8. The molecule has 0 amide bonds. The van der Waals surface area contributed by atoms with Crippen molar-refractivity contribution in [3.05, 3.63) is 29.8 Å². The van der Waals surface area contributed by atoms with E-state index in [1.165, 1.54) is 10.5 Å². The molecule has 0 aliphatic rings. The molecule has 0 fully saturated rings. The van der Waals surface area contributed by atoms with Crippen molar-refractivity contribution in [3.8, 4) is 0 Å². The van der Waals surface area contributed by atoms with E-state index in [0.29, 0.717) is 5.75 Å². The van der Waals surface area contributed by atoms with Crippen LogP contribution in [-0.4, -0.2) is 24.2 Å². The first-order valence-electron chi connectivity index (χ1n) is 5.41. The molecule has 0 radical (unpaired) electrons. The lowest BCUT2D eigenvalue weighted by molar-refractivity contribution is -0.122. The van der Waals surface area contributed by atoms with Crippen LogP contribution in [0.2, 0.25) is 0 Å². The van der Waals surface area contributed by atoms with Crippen LogP contribution in [0, 0.1) is 6.92 Å². The van der Waals surface area contributed by atoms with Crippen molar-refractivity contribution in [1.82, 2.24) is 0 Å². The highest BCUT2D eigenvalue weighted by molar-refractivity contribution is 8.00. The molecule has 2 nitrogen and oxygen atoms in total. The van der Waals surface area contributed by atoms with Crippen LogP contribution in [0.25, 0.3) is 0 Å². The highest BCUT2D eigenvalue weighted by Crippen LogP contribution is 2.21. The Kier molecular flexibility index (Phi) is 5.56. The lowest BCUT2D eigenvalue weighted by Crippen LogP contribution is -2.14. The highest BCUT2D eigenvalue weighted by Gasteiger charge is 2.05. The van der Waals surface area contributed by atoms with E-state index in [1.54, 1.807) is 11.8 Å². The molecule has 0 N–H and O–H groups in total. The predicted octanol–water partition coefficient (Wildman–Crippen LogP) is 3.08. The number of thioether (sulfide) groups is 1. The number of benzene rings is 1. The van der Waals surface area contributed by atoms with E-state index < -0.39 is 0 Å². The van der Waals surface area contributed by atoms with E-state index in [2.05, 4.69) is 13.0 Å². The fourth-order valence-corrected chi connectivity index (χ4v) is 2.05. The molecular formula is C13H18O2S. The number of ether oxygens (including phenoxy) is 1. The monoisotopic (exact) mass is 238 g/mol. The smallest absolute Gasteiger partial charge is 0.168 e. The van der Waals surface area contributed by atoms with E-state index in [1.807, 2.05) is 32.0 Å². The molecule has 0 spiro atoms. The molecule has 0 heterocycles. The number of rotatable bonds is 6. The first-order chi connectivity index (χ1) is 7.59. The average molecular weight is 238 g/mol. The SMILES string of the molecule is Cc1ccccc1SCC(=O)COC(C)C. The standard InChI is InChI=1S/C13H18O2S/c1-10(2)15-8-12(14)9-16-13-7-5-4-6-11(13)3/h4-7,10H,8-9H2,1-3H3. The summed E-state index contributed by atoms with van der Waals surface area (Å²) in [6.07, 6.45) is 0.118. The second-order valence-corrected chi connectivity index (χ2v) is 4.97. The van der Waals surface area contributed by atoms with Crippen molar-refractivity contribution in [3.63, 3.8) is 0 Å². The van der Waals surface area contributed by atoms with E-state index >= 15 is 0 Å². The molecule has 0 aliphatic heterocycles. The van der Waals surface area contributed by atoms with Gasteiger partial charge < -0.3 is 4.74 Å². The molecule has 3 heteroatoms. The van der Waals surface area contributed by atoms with Crippen molar-refractivity contribution < 1.29 is 9.53 Å². The highest BCUT2D eigenvalue weighted by atomic mass is 32.2. The van der Waals surface area contributed by atoms with Gasteiger partial charge in [-0.2, -0.15) is 0 Å². The summed E-state index contributed by atoms with van der Waals surface area (Å²) in [5, 5.41) is 0. The quantitative estimate of drug-likeness (QED) is 0.712. The predicted molar refractivity (Wildman–Crippen MR) is 68.0 cm³/mol. The largest absolute Gasteiger partial charge is 0.371 e. The van der Waals surface area contributed by atoms with Crippen LogP contribution in [0.15, 0.2) is 29.2 Å². The summed E-state index contributed by atoms with van der Waals surface area (Å²) >= 11 is 1.58. The minimum Gasteiger partial charge on any atom is -0.371 e. The fraction of sp³-hybridized carbons (Fsp3) is 0.462. The van der Waals surface area contributed by atoms with Crippen molar-refractivity contribution in [1.29, 1.82) is 0 Å². The van der Waals surface area contributed by atoms with Crippen LogP contribution in [-0.2, 0) is 9.53 Å². The average Bonchev–Trinajstić information content (AvgIpc) is 2.25. The van der Waals surface area contributed by atoms with Gasteiger partial charge in [-0.25, -0.2) is 0 Å². The Morgan fingerprint density at radius 1 is 1.38 bits per heavy atom. The summed E-state index contributed by atoms with van der Waals surface area (Å²) < 4.78 is 5.26. The van der Waals surface area contributed by atoms with Crippen LogP contribution in [0.4, 0.5) is 0 Å². The maximum Gasteiger partial charge on any atom is 0.168 e. The van der Waals surface area contributed by atoms with Crippen molar-refractivity contribution in [2.45, 2.75) is 31.8 Å². The van der Waals surface area contributed by atoms with Crippen molar-refractivity contribution in [2.75, 3.05) is 12.4 Å². The number of ketones is 1. The Bertz CT molecular complexity index is 348. The van der Waals surface area contributed by atoms with Gasteiger partial charge in [0.2, 0.25) is 0 Å². The number of hydrogen-bond donors (Lipinski definition) is 0. The topological polar surface area (TPSA) is 26.3 Å². The molecular weight excluding hydrogens is 220 g/mol. The minimum absolute atomic E-state index is 0.118. The third-order valence-corrected chi connectivity index (χ3v) is 3.30. The molecule has 0 aromatic heterocycles. The Morgan fingerprint density at radius 2 is 2.06 bits per heavy atom. The fourth-order valence-electron chi connectivity index (χ4n) is 1.18. The lowest BCUT2D eigenvalue weighted by atomic mass is 10.2. The van der Waals surface area contributed by atoms with Gasteiger partial charge in [-0.1, -0.05) is 18.2 Å². The van der Waals surface area contributed by atoms with Gasteiger partial charge in [0.1, 0.15) is 6.61 Å². The summed E-state index contributed by atoms with van der Waals surface area (Å²) in [5.41, 5.74) is 1.21. The van der Waals surface area contributed by atoms with E-state index in [4.69, 9.17) is 4.74 Å². The van der Waals surface area contributed by atoms with Gasteiger partial charge >= 0.3 is 0 Å². The molecule has 0 atom stereocenters. The van der Waals surface area contributed by atoms with Crippen LogP contribution < -0.4 is 0 Å². The maximum atomic E-state index is 11.5. The minimum atomic E-state index is 0.118. The zero-order chi connectivity index (χ0) is 12.0. The molecule has 0 unspecified atom stereocenters. The van der Waals surface area contributed by atoms with E-state index in [0.717, 1.165) is 0 Å². The molecule has 1 rings (SSSR count). The van der Waals surface area contributed by atoms with Crippen LogP contribution in [0.1, 0.15) is 19.4 Å². The van der Waals surface area contributed by atoms with Gasteiger partial charge in [-0.15, -0.1) is 11.8 Å². The Hall–Kier alpha value is -0.800. The lowest BCUT2D eigenvalue weighted by Gasteiger charge is -2.07. The zero-order valence-corrected chi connectivity index (χ0v) is 10.8. The van der Waals surface area contributed by atoms with Gasteiger partial charge in [-0.3, -0.25) is 4.79 Å². The number of carbonyl (C=O) groups is 1. The molecule has 88 valence electrons. The second-order valence-electron chi connectivity index (χ2n) is 3.95. The number of aryl methyl sites for hydroxylation is 1. The first kappa shape index (κ1) is 13.3. The Balaban J connectivity index is 2.35. The van der Waals surface area contributed by atoms with Crippen LogP contribution in [0.5, 0.6) is 0 Å². The molecule has 0 aliphatic carbocycles. The molecule has 16 heavy (non-hydrogen) atoms. The molecule has 0 saturated carbocycles. The van der Waals surface area contributed by atoms with Gasteiger partial charge in [0.15, 0.2) is 5.78 Å². The number of hydrogen-bond acceptors (Lipinski definition) is 3. The second kappa shape index (κ2) is 6.71. The molecule has 0 bridgehead atoms. The third-order valence-electron chi connectivity index (χ3n) is 2.06. The summed E-state index contributed by atoms with van der Waals surface area (Å²) in [7, 11) is 0. The van der Waals surface area contributed by atoms with Crippen molar-refractivity contribution in [2.24, 2.45) is 0 Å². The summed E-state index contributed by atoms with van der Waals surface area (Å²) in [4.78, 5) is 12.7. The molecule has 1 aromatic carbocycles. The van der Waals surface area contributed by atoms with Crippen LogP contribution >= 0.6 is 11.8 Å². The van der Waals surface area contributed by atoms with Crippen molar-refractivity contribution >= 4 is 17.5 Å². The summed E-state index contributed by atoms with van der Waals surface area (Å²) in [6.45, 7) is 6.14. The molecule has 0 saturated heterocycles. The van der Waals surface area contributed by atoms with E-state index in [-0.39, 0.29) is 18.5 Å². The number of Topliss-reactive ketones (excluding diaryl/α,β-unsaturated/α-hetero) is 1. The third kappa shape index (κ3) is 4.81. The van der Waals surface area contributed by atoms with Gasteiger partial charge in [0.05, 0.1) is 11.9 Å². The van der Waals surface area contributed by atoms with Gasteiger partial charge in [-0.05, 0) is 32.4 Å². The summed E-state index contributed by atoms with van der Waals surface area (Å²) in [6, 6.07) is 8.08.